The summed E-state index contributed by atoms with van der Waals surface area (Å²) in [6.45, 7) is 1.95. The van der Waals surface area contributed by atoms with Gasteiger partial charge in [-0.1, -0.05) is 6.07 Å². The van der Waals surface area contributed by atoms with Gasteiger partial charge in [-0.25, -0.2) is 5.84 Å². The minimum Gasteiger partial charge on any atom is -0.486 e. The molecule has 1 heterocycles. The maximum Gasteiger partial charge on any atom is 0.180 e. The molecule has 17 heavy (non-hydrogen) atoms. The lowest BCUT2D eigenvalue weighted by Gasteiger charge is -2.18. The summed E-state index contributed by atoms with van der Waals surface area (Å²) in [4.78, 5) is 0. The van der Waals surface area contributed by atoms with Crippen LogP contribution in [0.4, 0.5) is 0 Å². The van der Waals surface area contributed by atoms with Gasteiger partial charge in [0.1, 0.15) is 13.2 Å². The Hall–Kier alpha value is -1.53. The summed E-state index contributed by atoms with van der Waals surface area (Å²) in [5, 5.41) is 3.43. The van der Waals surface area contributed by atoms with E-state index in [2.05, 4.69) is 10.7 Å². The van der Waals surface area contributed by atoms with E-state index < -0.39 is 0 Å². The van der Waals surface area contributed by atoms with Crippen LogP contribution in [0.15, 0.2) is 18.2 Å². The zero-order chi connectivity index (χ0) is 12.1. The van der Waals surface area contributed by atoms with Crippen molar-refractivity contribution in [3.05, 3.63) is 23.8 Å². The lowest BCUT2D eigenvalue weighted by atomic mass is 10.1. The molecule has 0 amide bonds. The smallest absolute Gasteiger partial charge is 0.180 e. The molecule has 1 aliphatic heterocycles. The fourth-order valence-electron chi connectivity index (χ4n) is 1.61. The molecule has 0 saturated carbocycles. The number of hydrogen-bond acceptors (Lipinski definition) is 4. The molecule has 1 aliphatic rings. The number of hydrogen-bond donors (Lipinski definition) is 3. The Morgan fingerprint density at radius 2 is 2.06 bits per heavy atom. The van der Waals surface area contributed by atoms with Gasteiger partial charge in [0.15, 0.2) is 16.6 Å². The van der Waals surface area contributed by atoms with Crippen molar-refractivity contribution in [2.24, 2.45) is 5.84 Å². The van der Waals surface area contributed by atoms with E-state index in [1.807, 2.05) is 18.2 Å². The van der Waals surface area contributed by atoms with Crippen LogP contribution >= 0.6 is 12.2 Å². The molecule has 1 aromatic rings. The highest BCUT2D eigenvalue weighted by Gasteiger charge is 2.11. The minimum absolute atomic E-state index is 0.447. The number of benzene rings is 1. The molecule has 1 aromatic carbocycles. The van der Waals surface area contributed by atoms with Gasteiger partial charge in [0, 0.05) is 6.54 Å². The highest BCUT2D eigenvalue weighted by Crippen LogP contribution is 2.30. The molecule has 0 atom stereocenters. The molecule has 4 N–H and O–H groups in total. The standard InChI is InChI=1S/C11H15N3O2S/c12-14-11(17)13-4-3-8-1-2-9-10(7-8)16-6-5-15-9/h1-2,7H,3-6,12H2,(H2,13,14,17). The summed E-state index contributed by atoms with van der Waals surface area (Å²) in [5.74, 6) is 6.78. The Morgan fingerprint density at radius 3 is 2.82 bits per heavy atom. The van der Waals surface area contributed by atoms with Crippen molar-refractivity contribution >= 4 is 17.3 Å². The van der Waals surface area contributed by atoms with E-state index in [0.29, 0.717) is 18.3 Å². The third-order valence-electron chi connectivity index (χ3n) is 2.44. The minimum atomic E-state index is 0.447. The molecule has 5 nitrogen and oxygen atoms in total. The van der Waals surface area contributed by atoms with E-state index in [0.717, 1.165) is 24.5 Å². The summed E-state index contributed by atoms with van der Waals surface area (Å²) in [7, 11) is 0. The van der Waals surface area contributed by atoms with Gasteiger partial charge < -0.3 is 20.2 Å². The third kappa shape index (κ3) is 3.21. The number of nitrogens with one attached hydrogen (secondary N) is 2. The summed E-state index contributed by atoms with van der Waals surface area (Å²) >= 11 is 4.88. The van der Waals surface area contributed by atoms with Gasteiger partial charge >= 0.3 is 0 Å². The number of ether oxygens (including phenoxy) is 2. The molecule has 0 fully saturated rings. The summed E-state index contributed by atoms with van der Waals surface area (Å²) in [5.41, 5.74) is 3.54. The van der Waals surface area contributed by atoms with E-state index in [9.17, 15) is 0 Å². The fraction of sp³-hybridized carbons (Fsp3) is 0.364. The van der Waals surface area contributed by atoms with Gasteiger partial charge in [-0.05, 0) is 36.3 Å². The molecular weight excluding hydrogens is 238 g/mol. The first-order valence-electron chi connectivity index (χ1n) is 5.42. The molecule has 0 unspecified atom stereocenters. The zero-order valence-corrected chi connectivity index (χ0v) is 10.2. The van der Waals surface area contributed by atoms with Crippen LogP contribution in [0.1, 0.15) is 5.56 Å². The Balaban J connectivity index is 1.91. The second-order valence-corrected chi connectivity index (χ2v) is 4.04. The first-order chi connectivity index (χ1) is 8.29. The number of fused-ring (bicyclic) bond motifs is 1. The molecule has 0 aromatic heterocycles. The van der Waals surface area contributed by atoms with E-state index in [4.69, 9.17) is 27.5 Å². The van der Waals surface area contributed by atoms with E-state index in [1.165, 1.54) is 5.56 Å². The maximum atomic E-state index is 5.51. The summed E-state index contributed by atoms with van der Waals surface area (Å²) < 4.78 is 11.0. The Kier molecular flexibility index (Phi) is 4.00. The first-order valence-corrected chi connectivity index (χ1v) is 5.83. The molecule has 92 valence electrons. The van der Waals surface area contributed by atoms with E-state index in [1.54, 1.807) is 0 Å². The average Bonchev–Trinajstić information content (AvgIpc) is 2.38. The second-order valence-electron chi connectivity index (χ2n) is 3.63. The van der Waals surface area contributed by atoms with Gasteiger partial charge in [0.2, 0.25) is 0 Å². The van der Waals surface area contributed by atoms with Crippen molar-refractivity contribution in [2.45, 2.75) is 6.42 Å². The summed E-state index contributed by atoms with van der Waals surface area (Å²) in [6.07, 6.45) is 0.846. The fourth-order valence-corrected chi connectivity index (χ4v) is 1.72. The number of nitrogens with two attached hydrogens (primary N) is 1. The van der Waals surface area contributed by atoms with E-state index >= 15 is 0 Å². The Morgan fingerprint density at radius 1 is 1.29 bits per heavy atom. The highest BCUT2D eigenvalue weighted by atomic mass is 32.1. The maximum absolute atomic E-state index is 5.51. The largest absolute Gasteiger partial charge is 0.486 e. The summed E-state index contributed by atoms with van der Waals surface area (Å²) in [6, 6.07) is 5.95. The molecule has 0 radical (unpaired) electrons. The predicted molar refractivity (Wildman–Crippen MR) is 69.1 cm³/mol. The topological polar surface area (TPSA) is 68.5 Å². The average molecular weight is 253 g/mol. The molecular formula is C11H15N3O2S. The van der Waals surface area contributed by atoms with Crippen LogP contribution in [0.5, 0.6) is 11.5 Å². The zero-order valence-electron chi connectivity index (χ0n) is 9.36. The monoisotopic (exact) mass is 253 g/mol. The second kappa shape index (κ2) is 5.70. The Bertz CT molecular complexity index is 412. The lowest BCUT2D eigenvalue weighted by Crippen LogP contribution is -2.40. The van der Waals surface area contributed by atoms with Gasteiger partial charge in [-0.3, -0.25) is 0 Å². The van der Waals surface area contributed by atoms with Crippen LogP contribution in [-0.4, -0.2) is 24.9 Å². The van der Waals surface area contributed by atoms with Crippen molar-refractivity contribution < 1.29 is 9.47 Å². The van der Waals surface area contributed by atoms with E-state index in [-0.39, 0.29) is 0 Å². The molecule has 0 spiro atoms. The third-order valence-corrected chi connectivity index (χ3v) is 2.70. The number of hydrazine groups is 1. The van der Waals surface area contributed by atoms with Crippen molar-refractivity contribution in [3.63, 3.8) is 0 Å². The van der Waals surface area contributed by atoms with Gasteiger partial charge in [0.25, 0.3) is 0 Å². The number of rotatable bonds is 3. The first kappa shape index (κ1) is 11.9. The SMILES string of the molecule is NNC(=S)NCCc1ccc2c(c1)OCCO2. The van der Waals surface area contributed by atoms with Crippen LogP contribution in [0.2, 0.25) is 0 Å². The van der Waals surface area contributed by atoms with Crippen molar-refractivity contribution in [2.75, 3.05) is 19.8 Å². The molecule has 2 rings (SSSR count). The molecule has 6 heteroatoms. The highest BCUT2D eigenvalue weighted by molar-refractivity contribution is 7.80. The van der Waals surface area contributed by atoms with Gasteiger partial charge in [-0.2, -0.15) is 0 Å². The van der Waals surface area contributed by atoms with Crippen LogP contribution in [0.25, 0.3) is 0 Å². The van der Waals surface area contributed by atoms with Crippen LogP contribution < -0.4 is 26.1 Å². The van der Waals surface area contributed by atoms with Crippen LogP contribution in [0, 0.1) is 0 Å². The van der Waals surface area contributed by atoms with Crippen molar-refractivity contribution in [1.29, 1.82) is 0 Å². The van der Waals surface area contributed by atoms with Crippen LogP contribution in [0.3, 0.4) is 0 Å². The van der Waals surface area contributed by atoms with Crippen LogP contribution in [-0.2, 0) is 6.42 Å². The number of thiocarbonyl (C=S) groups is 1. The normalized spacial score (nSPS) is 13.0. The Labute approximate surface area is 105 Å². The lowest BCUT2D eigenvalue weighted by molar-refractivity contribution is 0.171. The van der Waals surface area contributed by atoms with Gasteiger partial charge in [0.05, 0.1) is 0 Å². The van der Waals surface area contributed by atoms with Crippen molar-refractivity contribution in [3.8, 4) is 11.5 Å². The predicted octanol–water partition coefficient (Wildman–Crippen LogP) is 0.338. The van der Waals surface area contributed by atoms with Crippen molar-refractivity contribution in [1.82, 2.24) is 10.7 Å². The quantitative estimate of drug-likeness (QED) is 0.410. The molecule has 0 saturated heterocycles. The molecule has 0 bridgehead atoms. The molecule has 0 aliphatic carbocycles. The van der Waals surface area contributed by atoms with Gasteiger partial charge in [-0.15, -0.1) is 0 Å².